The molecule has 11 heteroatoms. The second kappa shape index (κ2) is 10.7. The van der Waals surface area contributed by atoms with Gasteiger partial charge in [0.2, 0.25) is 5.91 Å². The number of piperidine rings is 1. The molecule has 210 valence electrons. The molecule has 1 aromatic carbocycles. The Morgan fingerprint density at radius 3 is 2.33 bits per heavy atom. The number of carbonyl (C=O) groups excluding carboxylic acids is 1. The second-order valence-electron chi connectivity index (χ2n) is 11.2. The standard InChI is InChI=1S/C26H32N4O2.C2HF3O2/c31-24(20-7-4-8-20)29-13-10-26(11-14-29)15-23-27-22-9-12-28(16-19-5-2-1-3-6-19)17-21(22)25(32)30(23)18-26;3-2(4,5)1(6)7/h1-3,5-6,20H,4,7-18H2;(H,6,7). The number of hydrogen-bond acceptors (Lipinski definition) is 5. The molecule has 1 amide bonds. The molecule has 4 heterocycles. The summed E-state index contributed by atoms with van der Waals surface area (Å²) in [6.45, 7) is 4.95. The van der Waals surface area contributed by atoms with E-state index in [1.54, 1.807) is 0 Å². The Morgan fingerprint density at radius 2 is 1.74 bits per heavy atom. The molecular formula is C28H33F3N4O4. The van der Waals surface area contributed by atoms with Crippen molar-refractivity contribution in [3.05, 3.63) is 63.3 Å². The first-order valence-electron chi connectivity index (χ1n) is 13.5. The molecule has 39 heavy (non-hydrogen) atoms. The van der Waals surface area contributed by atoms with Crippen molar-refractivity contribution in [2.75, 3.05) is 19.6 Å². The van der Waals surface area contributed by atoms with Crippen LogP contribution in [0.5, 0.6) is 0 Å². The van der Waals surface area contributed by atoms with Gasteiger partial charge >= 0.3 is 12.1 Å². The summed E-state index contributed by atoms with van der Waals surface area (Å²) < 4.78 is 33.7. The quantitative estimate of drug-likeness (QED) is 0.634. The maximum atomic E-state index is 13.5. The highest BCUT2D eigenvalue weighted by atomic mass is 19.4. The topological polar surface area (TPSA) is 95.7 Å². The maximum Gasteiger partial charge on any atom is 0.490 e. The van der Waals surface area contributed by atoms with Crippen molar-refractivity contribution in [1.29, 1.82) is 0 Å². The lowest BCUT2D eigenvalue weighted by molar-refractivity contribution is -0.192. The zero-order chi connectivity index (χ0) is 27.8. The van der Waals surface area contributed by atoms with E-state index in [4.69, 9.17) is 14.9 Å². The Balaban J connectivity index is 0.000000392. The number of rotatable bonds is 3. The molecular weight excluding hydrogens is 513 g/mol. The number of carbonyl (C=O) groups is 2. The maximum absolute atomic E-state index is 13.5. The number of aromatic nitrogens is 2. The summed E-state index contributed by atoms with van der Waals surface area (Å²) in [5.74, 6) is -1.14. The van der Waals surface area contributed by atoms with Crippen LogP contribution in [0.15, 0.2) is 35.1 Å². The molecule has 6 rings (SSSR count). The van der Waals surface area contributed by atoms with Crippen LogP contribution in [0.25, 0.3) is 0 Å². The van der Waals surface area contributed by atoms with Crippen molar-refractivity contribution in [2.45, 2.75) is 70.8 Å². The van der Waals surface area contributed by atoms with E-state index in [0.29, 0.717) is 12.5 Å². The smallest absolute Gasteiger partial charge is 0.475 e. The van der Waals surface area contributed by atoms with Gasteiger partial charge in [0.25, 0.3) is 5.56 Å². The van der Waals surface area contributed by atoms with Gasteiger partial charge in [0.05, 0.1) is 11.3 Å². The number of hydrogen-bond donors (Lipinski definition) is 1. The summed E-state index contributed by atoms with van der Waals surface area (Å²) >= 11 is 0. The summed E-state index contributed by atoms with van der Waals surface area (Å²) in [7, 11) is 0. The largest absolute Gasteiger partial charge is 0.490 e. The minimum absolute atomic E-state index is 0.100. The second-order valence-corrected chi connectivity index (χ2v) is 11.2. The van der Waals surface area contributed by atoms with Crippen LogP contribution in [0.1, 0.15) is 54.7 Å². The van der Waals surface area contributed by atoms with E-state index in [1.807, 2.05) is 10.6 Å². The number of benzene rings is 1. The molecule has 3 aliphatic heterocycles. The van der Waals surface area contributed by atoms with Crippen molar-refractivity contribution in [2.24, 2.45) is 11.3 Å². The van der Waals surface area contributed by atoms with Gasteiger partial charge in [-0.15, -0.1) is 0 Å². The Kier molecular flexibility index (Phi) is 7.54. The number of carboxylic acids is 1. The Hall–Kier alpha value is -3.21. The molecule has 1 saturated heterocycles. The van der Waals surface area contributed by atoms with Gasteiger partial charge in [-0.1, -0.05) is 36.8 Å². The van der Waals surface area contributed by atoms with Gasteiger partial charge in [-0.05, 0) is 36.7 Å². The Bertz CT molecular complexity index is 1280. The minimum atomic E-state index is -5.08. The van der Waals surface area contributed by atoms with Crippen LogP contribution in [-0.4, -0.2) is 62.1 Å². The number of fused-ring (bicyclic) bond motifs is 2. The van der Waals surface area contributed by atoms with Gasteiger partial charge in [0, 0.05) is 58.0 Å². The Morgan fingerprint density at radius 1 is 1.08 bits per heavy atom. The van der Waals surface area contributed by atoms with Gasteiger partial charge in [0.1, 0.15) is 5.82 Å². The van der Waals surface area contributed by atoms with Gasteiger partial charge in [-0.25, -0.2) is 9.78 Å². The average molecular weight is 547 g/mol. The van der Waals surface area contributed by atoms with Crippen molar-refractivity contribution in [3.8, 4) is 0 Å². The fourth-order valence-corrected chi connectivity index (χ4v) is 6.07. The summed E-state index contributed by atoms with van der Waals surface area (Å²) in [5.41, 5.74) is 3.47. The van der Waals surface area contributed by atoms with E-state index >= 15 is 0 Å². The van der Waals surface area contributed by atoms with Gasteiger partial charge in [-0.3, -0.25) is 19.1 Å². The first-order chi connectivity index (χ1) is 18.5. The number of aliphatic carboxylic acids is 1. The SMILES string of the molecule is O=C(C1CCC1)N1CCC2(CC1)Cc1nc3c(c(=O)n1C2)CN(Cc1ccccc1)CC3.O=C(O)C(F)(F)F. The number of likely N-dealkylation sites (tertiary alicyclic amines) is 1. The van der Waals surface area contributed by atoms with E-state index in [9.17, 15) is 22.8 Å². The Labute approximate surface area is 224 Å². The van der Waals surface area contributed by atoms with E-state index in [2.05, 4.69) is 34.1 Å². The molecule has 0 radical (unpaired) electrons. The molecule has 0 unspecified atom stereocenters. The first kappa shape index (κ1) is 27.4. The summed E-state index contributed by atoms with van der Waals surface area (Å²) in [6.07, 6.45) is 1.95. The van der Waals surface area contributed by atoms with Gasteiger partial charge in [0.15, 0.2) is 0 Å². The van der Waals surface area contributed by atoms with Gasteiger partial charge in [-0.2, -0.15) is 13.2 Å². The molecule has 0 atom stereocenters. The zero-order valence-electron chi connectivity index (χ0n) is 21.8. The number of halogens is 3. The van der Waals surface area contributed by atoms with Crippen LogP contribution in [0.4, 0.5) is 13.2 Å². The predicted octanol–water partition coefficient (Wildman–Crippen LogP) is 3.40. The summed E-state index contributed by atoms with van der Waals surface area (Å²) in [4.78, 5) is 44.5. The highest BCUT2D eigenvalue weighted by molar-refractivity contribution is 5.79. The molecule has 4 aliphatic rings. The highest BCUT2D eigenvalue weighted by Gasteiger charge is 2.44. The predicted molar refractivity (Wildman–Crippen MR) is 136 cm³/mol. The lowest BCUT2D eigenvalue weighted by atomic mass is 9.76. The van der Waals surface area contributed by atoms with Crippen LogP contribution in [0, 0.1) is 11.3 Å². The monoisotopic (exact) mass is 546 g/mol. The summed E-state index contributed by atoms with van der Waals surface area (Å²) in [6, 6.07) is 10.5. The van der Waals surface area contributed by atoms with Gasteiger partial charge < -0.3 is 10.0 Å². The number of amides is 1. The van der Waals surface area contributed by atoms with Crippen LogP contribution in [0.3, 0.4) is 0 Å². The third kappa shape index (κ3) is 5.88. The average Bonchev–Trinajstić information content (AvgIpc) is 3.22. The van der Waals surface area contributed by atoms with E-state index in [-0.39, 0.29) is 16.9 Å². The van der Waals surface area contributed by atoms with Crippen LogP contribution in [-0.2, 0) is 42.1 Å². The summed E-state index contributed by atoms with van der Waals surface area (Å²) in [5, 5.41) is 7.12. The fraction of sp³-hybridized carbons (Fsp3) is 0.571. The molecule has 1 saturated carbocycles. The van der Waals surface area contributed by atoms with Crippen molar-refractivity contribution in [3.63, 3.8) is 0 Å². The van der Waals surface area contributed by atoms with Crippen molar-refractivity contribution in [1.82, 2.24) is 19.4 Å². The fourth-order valence-electron chi connectivity index (χ4n) is 6.07. The molecule has 1 spiro atoms. The highest BCUT2D eigenvalue weighted by Crippen LogP contribution is 2.41. The molecule has 0 bridgehead atoms. The molecule has 1 N–H and O–H groups in total. The third-order valence-corrected chi connectivity index (χ3v) is 8.58. The molecule has 1 aliphatic carbocycles. The minimum Gasteiger partial charge on any atom is -0.475 e. The van der Waals surface area contributed by atoms with Crippen LogP contribution < -0.4 is 5.56 Å². The first-order valence-corrected chi connectivity index (χ1v) is 13.5. The van der Waals surface area contributed by atoms with E-state index < -0.39 is 12.1 Å². The molecule has 8 nitrogen and oxygen atoms in total. The molecule has 2 aromatic rings. The number of nitrogens with zero attached hydrogens (tertiary/aromatic N) is 4. The van der Waals surface area contributed by atoms with Crippen LogP contribution >= 0.6 is 0 Å². The lowest BCUT2D eigenvalue weighted by Crippen LogP contribution is -2.47. The molecule has 2 fully saturated rings. The molecule has 1 aromatic heterocycles. The number of carboxylic acid groups (broad SMARTS) is 1. The zero-order valence-corrected chi connectivity index (χ0v) is 21.8. The van der Waals surface area contributed by atoms with E-state index in [0.717, 1.165) is 88.3 Å². The van der Waals surface area contributed by atoms with E-state index in [1.165, 1.54) is 12.0 Å². The van der Waals surface area contributed by atoms with Crippen LogP contribution in [0.2, 0.25) is 0 Å². The van der Waals surface area contributed by atoms with Crippen molar-refractivity contribution >= 4 is 11.9 Å². The lowest BCUT2D eigenvalue weighted by Gasteiger charge is -2.41. The third-order valence-electron chi connectivity index (χ3n) is 8.58. The normalized spacial score (nSPS) is 20.4. The number of alkyl halides is 3. The van der Waals surface area contributed by atoms with Crippen molar-refractivity contribution < 1.29 is 27.9 Å².